The van der Waals surface area contributed by atoms with Gasteiger partial charge in [0.25, 0.3) is 0 Å². The summed E-state index contributed by atoms with van der Waals surface area (Å²) in [6, 6.07) is 5.80. The Morgan fingerprint density at radius 3 is 2.81 bits per heavy atom. The lowest BCUT2D eigenvalue weighted by atomic mass is 9.99. The minimum Gasteiger partial charge on any atom is -0.372 e. The van der Waals surface area contributed by atoms with Gasteiger partial charge in [0.15, 0.2) is 0 Å². The number of carbonyl (C=O) groups excluding carboxylic acids is 1. The first-order chi connectivity index (χ1) is 12.6. The van der Waals surface area contributed by atoms with E-state index >= 15 is 0 Å². The molecule has 0 aromatic carbocycles. The second-order valence-electron chi connectivity index (χ2n) is 7.20. The number of H-pyrrole nitrogens is 1. The largest absolute Gasteiger partial charge is 0.372 e. The molecule has 0 spiro atoms. The first-order valence-corrected chi connectivity index (χ1v) is 9.22. The highest BCUT2D eigenvalue weighted by molar-refractivity contribution is 5.78. The third-order valence-corrected chi connectivity index (χ3v) is 5.10. The van der Waals surface area contributed by atoms with Crippen LogP contribution >= 0.6 is 0 Å². The SMILES string of the molecule is C[C@@H]1CN(C(=O)CN2CCc3[nH]cnc3C2c2ccccn2)C[C@H](C)O1. The molecule has 26 heavy (non-hydrogen) atoms. The summed E-state index contributed by atoms with van der Waals surface area (Å²) in [6.45, 7) is 6.51. The number of morpholine rings is 1. The summed E-state index contributed by atoms with van der Waals surface area (Å²) in [5.74, 6) is 0.145. The number of aromatic nitrogens is 3. The van der Waals surface area contributed by atoms with Crippen LogP contribution in [0.4, 0.5) is 0 Å². The summed E-state index contributed by atoms with van der Waals surface area (Å²) in [5, 5.41) is 0. The van der Waals surface area contributed by atoms with E-state index in [2.05, 4.69) is 19.9 Å². The highest BCUT2D eigenvalue weighted by Gasteiger charge is 2.35. The summed E-state index contributed by atoms with van der Waals surface area (Å²) in [6.07, 6.45) is 4.54. The normalized spacial score (nSPS) is 26.5. The molecule has 1 saturated heterocycles. The first kappa shape index (κ1) is 17.2. The van der Waals surface area contributed by atoms with E-state index in [9.17, 15) is 4.79 Å². The van der Waals surface area contributed by atoms with Crippen molar-refractivity contribution in [1.29, 1.82) is 0 Å². The topological polar surface area (TPSA) is 74.4 Å². The van der Waals surface area contributed by atoms with Gasteiger partial charge in [-0.25, -0.2) is 4.98 Å². The van der Waals surface area contributed by atoms with Crippen LogP contribution < -0.4 is 0 Å². The molecule has 1 unspecified atom stereocenters. The van der Waals surface area contributed by atoms with Crippen molar-refractivity contribution in [2.75, 3.05) is 26.2 Å². The average Bonchev–Trinajstić information content (AvgIpc) is 3.10. The quantitative estimate of drug-likeness (QED) is 0.901. The monoisotopic (exact) mass is 355 g/mol. The molecule has 1 amide bonds. The summed E-state index contributed by atoms with van der Waals surface area (Å²) in [7, 11) is 0. The van der Waals surface area contributed by atoms with Crippen molar-refractivity contribution in [3.05, 3.63) is 47.8 Å². The molecule has 7 nitrogen and oxygen atoms in total. The smallest absolute Gasteiger partial charge is 0.236 e. The second-order valence-corrected chi connectivity index (χ2v) is 7.20. The zero-order chi connectivity index (χ0) is 18.1. The number of aromatic amines is 1. The standard InChI is InChI=1S/C19H25N5O2/c1-13-9-24(10-14(2)26-13)17(25)11-23-8-6-15-18(22-12-21-15)19(23)16-5-3-4-7-20-16/h3-5,7,12-14,19H,6,8-11H2,1-2H3,(H,21,22)/t13-,14+,19?. The van der Waals surface area contributed by atoms with E-state index in [4.69, 9.17) is 4.74 Å². The Bertz CT molecular complexity index is 752. The van der Waals surface area contributed by atoms with Crippen molar-refractivity contribution in [3.63, 3.8) is 0 Å². The Hall–Kier alpha value is -2.25. The molecule has 3 atom stereocenters. The lowest BCUT2D eigenvalue weighted by molar-refractivity contribution is -0.144. The number of ether oxygens (including phenoxy) is 1. The van der Waals surface area contributed by atoms with Crippen LogP contribution in [0.3, 0.4) is 0 Å². The molecule has 138 valence electrons. The van der Waals surface area contributed by atoms with Gasteiger partial charge in [-0.15, -0.1) is 0 Å². The van der Waals surface area contributed by atoms with Gasteiger partial charge in [0.2, 0.25) is 5.91 Å². The first-order valence-electron chi connectivity index (χ1n) is 9.22. The molecule has 4 heterocycles. The van der Waals surface area contributed by atoms with E-state index in [0.29, 0.717) is 19.6 Å². The molecule has 7 heteroatoms. The maximum absolute atomic E-state index is 13.0. The van der Waals surface area contributed by atoms with E-state index < -0.39 is 0 Å². The van der Waals surface area contributed by atoms with E-state index in [1.807, 2.05) is 36.9 Å². The lowest BCUT2D eigenvalue weighted by Gasteiger charge is -2.38. The number of hydrogen-bond acceptors (Lipinski definition) is 5. The average molecular weight is 355 g/mol. The minimum atomic E-state index is -0.0916. The zero-order valence-corrected chi connectivity index (χ0v) is 15.3. The van der Waals surface area contributed by atoms with E-state index in [0.717, 1.165) is 30.0 Å². The number of hydrogen-bond donors (Lipinski definition) is 1. The van der Waals surface area contributed by atoms with Gasteiger partial charge in [0, 0.05) is 37.9 Å². The molecule has 0 radical (unpaired) electrons. The molecule has 2 aromatic rings. The molecule has 0 aliphatic carbocycles. The van der Waals surface area contributed by atoms with Gasteiger partial charge in [0.05, 0.1) is 42.5 Å². The molecule has 1 N–H and O–H groups in total. The van der Waals surface area contributed by atoms with Gasteiger partial charge in [0.1, 0.15) is 0 Å². The molecular weight excluding hydrogens is 330 g/mol. The molecule has 2 aliphatic heterocycles. The zero-order valence-electron chi connectivity index (χ0n) is 15.3. The van der Waals surface area contributed by atoms with Crippen molar-refractivity contribution in [3.8, 4) is 0 Å². The van der Waals surface area contributed by atoms with Gasteiger partial charge < -0.3 is 14.6 Å². The van der Waals surface area contributed by atoms with Gasteiger partial charge in [-0.3, -0.25) is 14.7 Å². The third-order valence-electron chi connectivity index (χ3n) is 5.10. The van der Waals surface area contributed by atoms with Crippen LogP contribution in [-0.2, 0) is 16.0 Å². The fourth-order valence-corrected chi connectivity index (χ4v) is 4.02. The number of nitrogens with one attached hydrogen (secondary N) is 1. The van der Waals surface area contributed by atoms with E-state index in [-0.39, 0.29) is 24.2 Å². The van der Waals surface area contributed by atoms with E-state index in [1.54, 1.807) is 12.5 Å². The number of carbonyl (C=O) groups is 1. The Labute approximate surface area is 153 Å². The molecular formula is C19H25N5O2. The highest BCUT2D eigenvalue weighted by Crippen LogP contribution is 2.32. The van der Waals surface area contributed by atoms with Crippen LogP contribution in [0.15, 0.2) is 30.7 Å². The van der Waals surface area contributed by atoms with Crippen molar-refractivity contribution in [2.24, 2.45) is 0 Å². The fraction of sp³-hybridized carbons (Fsp3) is 0.526. The number of nitrogens with zero attached hydrogens (tertiary/aromatic N) is 4. The number of amides is 1. The fourth-order valence-electron chi connectivity index (χ4n) is 4.02. The Morgan fingerprint density at radius 2 is 2.08 bits per heavy atom. The molecule has 1 fully saturated rings. The molecule has 0 bridgehead atoms. The van der Waals surface area contributed by atoms with E-state index in [1.165, 1.54) is 0 Å². The van der Waals surface area contributed by atoms with Crippen LogP contribution in [0.25, 0.3) is 0 Å². The summed E-state index contributed by atoms with van der Waals surface area (Å²) < 4.78 is 5.75. The molecule has 2 aliphatic rings. The lowest BCUT2D eigenvalue weighted by Crippen LogP contribution is -2.52. The van der Waals surface area contributed by atoms with Crippen LogP contribution in [0.2, 0.25) is 0 Å². The van der Waals surface area contributed by atoms with Crippen LogP contribution in [0.5, 0.6) is 0 Å². The summed E-state index contributed by atoms with van der Waals surface area (Å²) in [4.78, 5) is 29.4. The van der Waals surface area contributed by atoms with Crippen molar-refractivity contribution >= 4 is 5.91 Å². The third kappa shape index (κ3) is 3.37. The maximum Gasteiger partial charge on any atom is 0.236 e. The van der Waals surface area contributed by atoms with Crippen LogP contribution in [-0.4, -0.2) is 69.0 Å². The number of imidazole rings is 1. The Morgan fingerprint density at radius 1 is 1.27 bits per heavy atom. The molecule has 0 saturated carbocycles. The summed E-state index contributed by atoms with van der Waals surface area (Å²) >= 11 is 0. The number of rotatable bonds is 3. The Balaban J connectivity index is 1.56. The predicted molar refractivity (Wildman–Crippen MR) is 96.5 cm³/mol. The number of pyridine rings is 1. The van der Waals surface area contributed by atoms with Crippen molar-refractivity contribution in [1.82, 2.24) is 24.8 Å². The van der Waals surface area contributed by atoms with Gasteiger partial charge >= 0.3 is 0 Å². The maximum atomic E-state index is 13.0. The van der Waals surface area contributed by atoms with Crippen LogP contribution in [0.1, 0.15) is 37.0 Å². The van der Waals surface area contributed by atoms with Gasteiger partial charge in [-0.2, -0.15) is 0 Å². The van der Waals surface area contributed by atoms with Crippen LogP contribution in [0, 0.1) is 0 Å². The molecule has 2 aromatic heterocycles. The molecule has 4 rings (SSSR count). The Kier molecular flexibility index (Phi) is 4.74. The van der Waals surface area contributed by atoms with Gasteiger partial charge in [-0.05, 0) is 26.0 Å². The predicted octanol–water partition coefficient (Wildman–Crippen LogP) is 1.39. The second kappa shape index (κ2) is 7.17. The van der Waals surface area contributed by atoms with Crippen molar-refractivity contribution in [2.45, 2.75) is 38.5 Å². The number of fused-ring (bicyclic) bond motifs is 1. The minimum absolute atomic E-state index is 0.0774. The summed E-state index contributed by atoms with van der Waals surface area (Å²) in [5.41, 5.74) is 3.04. The van der Waals surface area contributed by atoms with Crippen molar-refractivity contribution < 1.29 is 9.53 Å². The van der Waals surface area contributed by atoms with Gasteiger partial charge in [-0.1, -0.05) is 6.07 Å². The highest BCUT2D eigenvalue weighted by atomic mass is 16.5.